The van der Waals surface area contributed by atoms with Crippen molar-refractivity contribution in [3.63, 3.8) is 0 Å². The van der Waals surface area contributed by atoms with Crippen molar-refractivity contribution in [1.29, 1.82) is 0 Å². The molecule has 31 heavy (non-hydrogen) atoms. The van der Waals surface area contributed by atoms with Gasteiger partial charge < -0.3 is 37.1 Å². The summed E-state index contributed by atoms with van der Waals surface area (Å²) in [7, 11) is 0. The smallest absolute Gasteiger partial charge is 0.0689 e. The predicted octanol–water partition coefficient (Wildman–Crippen LogP) is -0.531. The normalized spacial score (nSPS) is 11.7. The Hall–Kier alpha value is -1.22. The van der Waals surface area contributed by atoms with Crippen LogP contribution >= 0.6 is 0 Å². The van der Waals surface area contributed by atoms with E-state index in [-0.39, 0.29) is 51.1 Å². The van der Waals surface area contributed by atoms with Gasteiger partial charge in [-0.15, -0.1) is 0 Å². The second kappa shape index (κ2) is 22.0. The van der Waals surface area contributed by atoms with Gasteiger partial charge in [-0.2, -0.15) is 0 Å². The summed E-state index contributed by atoms with van der Waals surface area (Å²) in [6.45, 7) is 2.41. The van der Waals surface area contributed by atoms with Crippen molar-refractivity contribution in [3.8, 4) is 0 Å². The van der Waals surface area contributed by atoms with Gasteiger partial charge in [-0.05, 0) is 24.0 Å². The van der Waals surface area contributed by atoms with Gasteiger partial charge in [0.05, 0.1) is 12.2 Å². The minimum atomic E-state index is -0.523. The molecule has 0 aromatic heterocycles. The molecule has 0 aliphatic heterocycles. The zero-order chi connectivity index (χ0) is 20.6. The molecule has 0 saturated heterocycles. The summed E-state index contributed by atoms with van der Waals surface area (Å²) in [5.74, 6) is 0. The van der Waals surface area contributed by atoms with E-state index in [1.54, 1.807) is 0 Å². The minimum absolute atomic E-state index is 0. The standard InChI is InChI=1S/C18H23NO2.C4H11NO2.2H2O.Pd/c20-12-11-18(21)15-19(13-16-7-3-1-4-8-16)14-17-9-5-2-6-10-17;5-3-4(7)1-2-6;;;/h1-10,18,20-21H,11-15H2;4,6-7H,1-3,5H2;2*1H2;/t18-;4-;;;/m00.../s1. The Morgan fingerprint density at radius 1 is 0.710 bits per heavy atom. The molecule has 2 aromatic carbocycles. The van der Waals surface area contributed by atoms with Gasteiger partial charge in [0.25, 0.3) is 0 Å². The van der Waals surface area contributed by atoms with Gasteiger partial charge in [-0.1, -0.05) is 60.7 Å². The first kappa shape index (κ1) is 34.4. The van der Waals surface area contributed by atoms with E-state index in [0.29, 0.717) is 19.4 Å². The van der Waals surface area contributed by atoms with Crippen LogP contribution in [0.2, 0.25) is 0 Å². The summed E-state index contributed by atoms with van der Waals surface area (Å²) in [6, 6.07) is 20.5. The zero-order valence-corrected chi connectivity index (χ0v) is 19.3. The van der Waals surface area contributed by atoms with Crippen LogP contribution in [-0.4, -0.2) is 74.8 Å². The van der Waals surface area contributed by atoms with Gasteiger partial charge in [-0.25, -0.2) is 0 Å². The summed E-state index contributed by atoms with van der Waals surface area (Å²) in [5, 5.41) is 35.6. The van der Waals surface area contributed by atoms with Crippen molar-refractivity contribution < 1.29 is 51.8 Å². The van der Waals surface area contributed by atoms with Gasteiger partial charge in [0, 0.05) is 59.8 Å². The van der Waals surface area contributed by atoms with Crippen molar-refractivity contribution in [2.45, 2.75) is 38.1 Å². The van der Waals surface area contributed by atoms with Crippen LogP contribution in [0.4, 0.5) is 0 Å². The van der Waals surface area contributed by atoms with Crippen LogP contribution in [0.15, 0.2) is 60.7 Å². The number of benzene rings is 2. The Bertz CT molecular complexity index is 568. The molecule has 2 aromatic rings. The van der Waals surface area contributed by atoms with Gasteiger partial charge in [0.2, 0.25) is 0 Å². The largest absolute Gasteiger partial charge is 0.412 e. The third-order valence-corrected chi connectivity index (χ3v) is 4.16. The third-order valence-electron chi connectivity index (χ3n) is 4.16. The number of rotatable bonds is 11. The summed E-state index contributed by atoms with van der Waals surface area (Å²) in [6.07, 6.45) is -0.219. The second-order valence-electron chi connectivity index (χ2n) is 6.71. The van der Waals surface area contributed by atoms with Crippen LogP contribution in [0.25, 0.3) is 0 Å². The van der Waals surface area contributed by atoms with Crippen LogP contribution in [-0.2, 0) is 33.5 Å². The molecule has 9 heteroatoms. The fourth-order valence-corrected chi connectivity index (χ4v) is 2.67. The molecule has 0 amide bonds. The van der Waals surface area contributed by atoms with Crippen LogP contribution in [0.3, 0.4) is 0 Å². The van der Waals surface area contributed by atoms with E-state index in [0.717, 1.165) is 13.1 Å². The van der Waals surface area contributed by atoms with Gasteiger partial charge in [0.1, 0.15) is 0 Å². The van der Waals surface area contributed by atoms with Gasteiger partial charge in [0.15, 0.2) is 0 Å². The van der Waals surface area contributed by atoms with E-state index in [2.05, 4.69) is 29.2 Å². The summed E-state index contributed by atoms with van der Waals surface area (Å²) < 4.78 is 0. The maximum absolute atomic E-state index is 9.97. The molecule has 8 nitrogen and oxygen atoms in total. The Morgan fingerprint density at radius 3 is 1.42 bits per heavy atom. The third kappa shape index (κ3) is 17.1. The average molecular weight is 533 g/mol. The molecular formula is C22H38N2O6Pd. The van der Waals surface area contributed by atoms with Crippen molar-refractivity contribution >= 4 is 0 Å². The Balaban J connectivity index is -0.000000686. The molecule has 0 aliphatic rings. The van der Waals surface area contributed by atoms with Gasteiger partial charge in [-0.3, -0.25) is 4.90 Å². The Morgan fingerprint density at radius 2 is 1.10 bits per heavy atom. The Labute approximate surface area is 198 Å². The molecule has 2 rings (SSSR count). The molecule has 0 unspecified atom stereocenters. The van der Waals surface area contributed by atoms with Gasteiger partial charge >= 0.3 is 0 Å². The van der Waals surface area contributed by atoms with Crippen molar-refractivity contribution in [2.75, 3.05) is 26.3 Å². The molecule has 0 aliphatic carbocycles. The first-order valence-corrected chi connectivity index (χ1v) is 9.67. The maximum Gasteiger partial charge on any atom is 0.0689 e. The quantitative estimate of drug-likeness (QED) is 0.243. The molecule has 10 N–H and O–H groups in total. The molecule has 0 spiro atoms. The zero-order valence-electron chi connectivity index (χ0n) is 17.7. The molecule has 0 fully saturated rings. The number of hydrogen-bond acceptors (Lipinski definition) is 6. The number of nitrogens with zero attached hydrogens (tertiary/aromatic N) is 1. The first-order valence-electron chi connectivity index (χ1n) is 9.67. The van der Waals surface area contributed by atoms with Crippen molar-refractivity contribution in [3.05, 3.63) is 71.8 Å². The summed E-state index contributed by atoms with van der Waals surface area (Å²) in [5.41, 5.74) is 7.45. The number of aliphatic hydroxyl groups is 4. The monoisotopic (exact) mass is 532 g/mol. The molecule has 0 radical (unpaired) electrons. The van der Waals surface area contributed by atoms with Crippen LogP contribution in [0.1, 0.15) is 24.0 Å². The molecule has 0 heterocycles. The summed E-state index contributed by atoms with van der Waals surface area (Å²) in [4.78, 5) is 2.21. The maximum atomic E-state index is 9.97. The molecule has 0 saturated carbocycles. The molecule has 2 atom stereocenters. The van der Waals surface area contributed by atoms with E-state index in [9.17, 15) is 5.11 Å². The van der Waals surface area contributed by atoms with E-state index in [1.807, 2.05) is 36.4 Å². The van der Waals surface area contributed by atoms with Crippen LogP contribution < -0.4 is 5.73 Å². The van der Waals surface area contributed by atoms with E-state index in [4.69, 9.17) is 21.1 Å². The van der Waals surface area contributed by atoms with E-state index >= 15 is 0 Å². The van der Waals surface area contributed by atoms with Crippen molar-refractivity contribution in [1.82, 2.24) is 4.90 Å². The fourth-order valence-electron chi connectivity index (χ4n) is 2.67. The number of hydrogen-bond donors (Lipinski definition) is 5. The van der Waals surface area contributed by atoms with Crippen molar-refractivity contribution in [2.24, 2.45) is 5.73 Å². The topological polar surface area (TPSA) is 173 Å². The average Bonchev–Trinajstić information content (AvgIpc) is 2.70. The summed E-state index contributed by atoms with van der Waals surface area (Å²) >= 11 is 0. The van der Waals surface area contributed by atoms with E-state index in [1.165, 1.54) is 11.1 Å². The Kier molecular flexibility index (Phi) is 24.4. The predicted molar refractivity (Wildman–Crippen MR) is 119 cm³/mol. The minimum Gasteiger partial charge on any atom is -0.412 e. The fraction of sp³-hybridized carbons (Fsp3) is 0.455. The SMILES string of the molecule is NC[C@@H](O)CCO.O.O.OCC[C@H](O)CN(Cc1ccccc1)Cc1ccccc1.[Pd]. The second-order valence-corrected chi connectivity index (χ2v) is 6.71. The molecule has 0 bridgehead atoms. The molecular weight excluding hydrogens is 495 g/mol. The molecule has 182 valence electrons. The first-order chi connectivity index (χ1) is 13.6. The van der Waals surface area contributed by atoms with Crippen LogP contribution in [0.5, 0.6) is 0 Å². The number of nitrogens with two attached hydrogens (primary N) is 1. The van der Waals surface area contributed by atoms with Crippen LogP contribution in [0, 0.1) is 0 Å². The number of aliphatic hydroxyl groups excluding tert-OH is 4. The van der Waals surface area contributed by atoms with E-state index < -0.39 is 12.2 Å².